The summed E-state index contributed by atoms with van der Waals surface area (Å²) in [6, 6.07) is 7.06. The second-order valence-electron chi connectivity index (χ2n) is 5.66. The molecule has 0 saturated heterocycles. The standard InChI is InChI=1S/C16H14N2O4S/c19-15(13-8-17-22-16(13)10-4-5-10)12-2-1-3-14-11(12)6-7-18(14)9-23(20)21/h1-3,6-8,10H,4-5,9H2,(H,20,21)/p-1. The van der Waals surface area contributed by atoms with E-state index in [9.17, 15) is 13.6 Å². The van der Waals surface area contributed by atoms with Crippen molar-refractivity contribution >= 4 is 27.8 Å². The number of benzene rings is 1. The molecule has 1 aliphatic rings. The molecule has 1 aliphatic carbocycles. The van der Waals surface area contributed by atoms with Crippen molar-refractivity contribution in [3.05, 3.63) is 53.5 Å². The molecule has 0 radical (unpaired) electrons. The molecule has 7 heteroatoms. The minimum Gasteiger partial charge on any atom is -0.771 e. The fourth-order valence-electron chi connectivity index (χ4n) is 2.85. The van der Waals surface area contributed by atoms with Crippen LogP contribution in [0.5, 0.6) is 0 Å². The minimum atomic E-state index is -2.20. The maximum absolute atomic E-state index is 12.9. The van der Waals surface area contributed by atoms with E-state index in [1.807, 2.05) is 0 Å². The Hall–Kier alpha value is -2.25. The van der Waals surface area contributed by atoms with Crippen molar-refractivity contribution in [2.24, 2.45) is 0 Å². The average Bonchev–Trinajstić information content (AvgIpc) is 3.12. The van der Waals surface area contributed by atoms with Gasteiger partial charge in [0.2, 0.25) is 0 Å². The van der Waals surface area contributed by atoms with E-state index in [1.165, 1.54) is 6.20 Å². The molecule has 0 aliphatic heterocycles. The van der Waals surface area contributed by atoms with Gasteiger partial charge in [0.1, 0.15) is 0 Å². The highest BCUT2D eigenvalue weighted by Gasteiger charge is 2.33. The Morgan fingerprint density at radius 1 is 1.35 bits per heavy atom. The molecule has 1 unspecified atom stereocenters. The zero-order valence-corrected chi connectivity index (χ0v) is 12.9. The number of fused-ring (bicyclic) bond motifs is 1. The molecule has 3 aromatic rings. The molecule has 23 heavy (non-hydrogen) atoms. The van der Waals surface area contributed by atoms with Gasteiger partial charge >= 0.3 is 0 Å². The van der Waals surface area contributed by atoms with E-state index in [2.05, 4.69) is 5.16 Å². The Morgan fingerprint density at radius 2 is 2.17 bits per heavy atom. The van der Waals surface area contributed by atoms with Gasteiger partial charge in [0, 0.05) is 28.6 Å². The highest BCUT2D eigenvalue weighted by molar-refractivity contribution is 7.78. The van der Waals surface area contributed by atoms with E-state index in [1.54, 1.807) is 35.0 Å². The molecule has 1 atom stereocenters. The zero-order chi connectivity index (χ0) is 16.0. The first-order valence-corrected chi connectivity index (χ1v) is 8.52. The summed E-state index contributed by atoms with van der Waals surface area (Å²) in [7, 11) is 0. The molecular weight excluding hydrogens is 316 g/mol. The van der Waals surface area contributed by atoms with E-state index in [0.29, 0.717) is 28.3 Å². The SMILES string of the molecule is O=C(c1cnoc1C1CC1)c1cccc2c1ccn2CS(=O)[O-]. The highest BCUT2D eigenvalue weighted by atomic mass is 32.2. The Labute approximate surface area is 134 Å². The number of carbonyl (C=O) groups is 1. The Balaban J connectivity index is 1.79. The van der Waals surface area contributed by atoms with Crippen molar-refractivity contribution < 1.29 is 18.1 Å². The van der Waals surface area contributed by atoms with Crippen molar-refractivity contribution in [1.29, 1.82) is 0 Å². The number of ketones is 1. The fraction of sp³-hybridized carbons (Fsp3) is 0.250. The summed E-state index contributed by atoms with van der Waals surface area (Å²) in [6.45, 7) is 0. The summed E-state index contributed by atoms with van der Waals surface area (Å²) in [5.74, 6) is 0.678. The summed E-state index contributed by atoms with van der Waals surface area (Å²) in [6.07, 6.45) is 5.18. The Morgan fingerprint density at radius 3 is 2.91 bits per heavy atom. The van der Waals surface area contributed by atoms with Gasteiger partial charge in [0.25, 0.3) is 0 Å². The van der Waals surface area contributed by atoms with E-state index < -0.39 is 11.1 Å². The van der Waals surface area contributed by atoms with Crippen LogP contribution in [0.15, 0.2) is 41.2 Å². The van der Waals surface area contributed by atoms with Crippen molar-refractivity contribution in [2.75, 3.05) is 0 Å². The molecular formula is C16H13N2O4S-. The minimum absolute atomic E-state index is 0.137. The van der Waals surface area contributed by atoms with Crippen LogP contribution in [0.1, 0.15) is 40.4 Å². The molecule has 0 N–H and O–H groups in total. The summed E-state index contributed by atoms with van der Waals surface area (Å²) in [5, 5.41) is 4.50. The molecule has 1 fully saturated rings. The molecule has 1 aromatic carbocycles. The molecule has 0 spiro atoms. The maximum atomic E-state index is 12.9. The number of rotatable bonds is 5. The van der Waals surface area contributed by atoms with E-state index in [0.717, 1.165) is 18.2 Å². The zero-order valence-electron chi connectivity index (χ0n) is 12.1. The third-order valence-electron chi connectivity index (χ3n) is 4.09. The van der Waals surface area contributed by atoms with Gasteiger partial charge in [-0.1, -0.05) is 17.3 Å². The van der Waals surface area contributed by atoms with Crippen molar-refractivity contribution in [3.63, 3.8) is 0 Å². The largest absolute Gasteiger partial charge is 0.771 e. The molecule has 2 aromatic heterocycles. The number of hydrogen-bond donors (Lipinski definition) is 0. The van der Waals surface area contributed by atoms with Crippen molar-refractivity contribution in [3.8, 4) is 0 Å². The molecule has 0 bridgehead atoms. The third kappa shape index (κ3) is 2.51. The van der Waals surface area contributed by atoms with Gasteiger partial charge in [0.15, 0.2) is 11.5 Å². The molecule has 4 rings (SSSR count). The first-order valence-electron chi connectivity index (χ1n) is 7.28. The molecule has 6 nitrogen and oxygen atoms in total. The van der Waals surface area contributed by atoms with E-state index >= 15 is 0 Å². The van der Waals surface area contributed by atoms with Crippen molar-refractivity contribution in [2.45, 2.75) is 24.6 Å². The average molecular weight is 329 g/mol. The van der Waals surface area contributed by atoms with Crippen LogP contribution in [-0.2, 0) is 17.0 Å². The van der Waals surface area contributed by atoms with Crippen LogP contribution in [0.4, 0.5) is 0 Å². The Bertz CT molecular complexity index is 923. The van der Waals surface area contributed by atoms with Crippen LogP contribution >= 0.6 is 0 Å². The van der Waals surface area contributed by atoms with Crippen LogP contribution < -0.4 is 0 Å². The number of nitrogens with zero attached hydrogens (tertiary/aromatic N) is 2. The Kier molecular flexibility index (Phi) is 3.39. The lowest BCUT2D eigenvalue weighted by Crippen LogP contribution is -2.05. The predicted molar refractivity (Wildman–Crippen MR) is 82.8 cm³/mol. The second-order valence-corrected chi connectivity index (χ2v) is 6.53. The van der Waals surface area contributed by atoms with Crippen LogP contribution in [0.3, 0.4) is 0 Å². The summed E-state index contributed by atoms with van der Waals surface area (Å²) in [4.78, 5) is 12.9. The molecule has 118 valence electrons. The van der Waals surface area contributed by atoms with E-state index in [4.69, 9.17) is 4.52 Å². The highest BCUT2D eigenvalue weighted by Crippen LogP contribution is 2.42. The van der Waals surface area contributed by atoms with Gasteiger partial charge < -0.3 is 13.6 Å². The predicted octanol–water partition coefficient (Wildman–Crippen LogP) is 2.57. The first-order chi connectivity index (χ1) is 11.1. The third-order valence-corrected chi connectivity index (χ3v) is 4.58. The summed E-state index contributed by atoms with van der Waals surface area (Å²) in [5.41, 5.74) is 1.74. The van der Waals surface area contributed by atoms with Crippen LogP contribution in [0.25, 0.3) is 10.9 Å². The smallest absolute Gasteiger partial charge is 0.198 e. The quantitative estimate of drug-likeness (QED) is 0.530. The maximum Gasteiger partial charge on any atom is 0.198 e. The van der Waals surface area contributed by atoms with Crippen LogP contribution in [0.2, 0.25) is 0 Å². The van der Waals surface area contributed by atoms with Crippen LogP contribution in [0, 0.1) is 0 Å². The summed E-state index contributed by atoms with van der Waals surface area (Å²) < 4.78 is 28.7. The fourth-order valence-corrected chi connectivity index (χ4v) is 3.30. The van der Waals surface area contributed by atoms with Crippen LogP contribution in [-0.4, -0.2) is 24.3 Å². The number of carbonyl (C=O) groups excluding carboxylic acids is 1. The normalized spacial score (nSPS) is 15.9. The summed E-state index contributed by atoms with van der Waals surface area (Å²) >= 11 is -2.20. The van der Waals surface area contributed by atoms with Gasteiger partial charge in [-0.2, -0.15) is 0 Å². The molecule has 1 saturated carbocycles. The monoisotopic (exact) mass is 329 g/mol. The first kappa shape index (κ1) is 14.3. The topological polar surface area (TPSA) is 88.2 Å². The number of aromatic nitrogens is 2. The van der Waals surface area contributed by atoms with Gasteiger partial charge in [0.05, 0.1) is 17.6 Å². The number of hydrogen-bond acceptors (Lipinski definition) is 5. The van der Waals surface area contributed by atoms with Gasteiger partial charge in [-0.15, -0.1) is 0 Å². The molecule has 0 amide bonds. The van der Waals surface area contributed by atoms with Gasteiger partial charge in [-0.05, 0) is 36.1 Å². The van der Waals surface area contributed by atoms with Crippen molar-refractivity contribution in [1.82, 2.24) is 9.72 Å². The lowest BCUT2D eigenvalue weighted by molar-refractivity contribution is 0.103. The van der Waals surface area contributed by atoms with Gasteiger partial charge in [-0.25, -0.2) is 0 Å². The molecule has 2 heterocycles. The second kappa shape index (κ2) is 5.43. The lowest BCUT2D eigenvalue weighted by Gasteiger charge is -2.08. The van der Waals surface area contributed by atoms with E-state index in [-0.39, 0.29) is 11.7 Å². The lowest BCUT2D eigenvalue weighted by atomic mass is 9.99. The van der Waals surface area contributed by atoms with Gasteiger partial charge in [-0.3, -0.25) is 9.00 Å².